The highest BCUT2D eigenvalue weighted by Gasteiger charge is 2.29. The van der Waals surface area contributed by atoms with Gasteiger partial charge in [0.2, 0.25) is 0 Å². The van der Waals surface area contributed by atoms with Gasteiger partial charge in [0.15, 0.2) is 5.69 Å². The summed E-state index contributed by atoms with van der Waals surface area (Å²) in [6, 6.07) is 19.5. The third-order valence-electron chi connectivity index (χ3n) is 5.27. The molecule has 7 nitrogen and oxygen atoms in total. The van der Waals surface area contributed by atoms with Gasteiger partial charge in [0.1, 0.15) is 12.3 Å². The lowest BCUT2D eigenvalue weighted by Crippen LogP contribution is -2.18. The predicted octanol–water partition coefficient (Wildman–Crippen LogP) is 4.39. The Morgan fingerprint density at radius 2 is 1.70 bits per heavy atom. The van der Waals surface area contributed by atoms with E-state index in [2.05, 4.69) is 34.6 Å². The number of nitrogens with zero attached hydrogens (tertiary/aromatic N) is 2. The largest absolute Gasteiger partial charge is 0.476 e. The number of hydrogen-bond donors (Lipinski definition) is 2. The lowest BCUT2D eigenvalue weighted by atomic mass is 9.98. The molecule has 0 saturated carbocycles. The van der Waals surface area contributed by atoms with Crippen LogP contribution in [0.5, 0.6) is 0 Å². The second-order valence-corrected chi connectivity index (χ2v) is 7.06. The Labute approximate surface area is 171 Å². The Morgan fingerprint density at radius 3 is 2.37 bits per heavy atom. The summed E-state index contributed by atoms with van der Waals surface area (Å²) in [6.45, 7) is 0.217. The number of aromatic carboxylic acids is 1. The standard InChI is InChI=1S/C23H17N3O4/c27-22(28)20-12-26-10-9-14(11-21(26)25-20)24-23(29)30-13-19-17-7-3-1-5-15(17)16-6-2-4-8-18(16)19/h1-12,19H,13H2,(H,24,29)(H,27,28). The highest BCUT2D eigenvalue weighted by molar-refractivity contribution is 5.88. The van der Waals surface area contributed by atoms with Crippen LogP contribution in [0.4, 0.5) is 10.5 Å². The number of carboxylic acid groups (broad SMARTS) is 1. The van der Waals surface area contributed by atoms with E-state index in [1.54, 1.807) is 22.7 Å². The van der Waals surface area contributed by atoms with Crippen LogP contribution in [-0.2, 0) is 4.74 Å². The monoisotopic (exact) mass is 399 g/mol. The highest BCUT2D eigenvalue weighted by Crippen LogP contribution is 2.44. The summed E-state index contributed by atoms with van der Waals surface area (Å²) < 4.78 is 7.10. The molecule has 0 spiro atoms. The number of pyridine rings is 1. The number of imidazole rings is 1. The molecule has 1 aliphatic rings. The summed E-state index contributed by atoms with van der Waals surface area (Å²) in [5.74, 6) is -1.12. The number of aromatic nitrogens is 2. The first-order valence-corrected chi connectivity index (χ1v) is 9.44. The molecule has 4 aromatic rings. The molecule has 0 saturated heterocycles. The molecule has 0 aliphatic heterocycles. The number of amides is 1. The SMILES string of the molecule is O=C(Nc1ccn2cc(C(=O)O)nc2c1)OCC1c2ccccc2-c2ccccc21. The number of rotatable bonds is 4. The minimum atomic E-state index is -1.11. The number of fused-ring (bicyclic) bond motifs is 4. The fraction of sp³-hybridized carbons (Fsp3) is 0.0870. The van der Waals surface area contributed by atoms with Gasteiger partial charge in [-0.05, 0) is 28.3 Å². The lowest BCUT2D eigenvalue weighted by molar-refractivity contribution is 0.0691. The summed E-state index contributed by atoms with van der Waals surface area (Å²) in [5, 5.41) is 11.7. The molecule has 2 aromatic heterocycles. The van der Waals surface area contributed by atoms with Crippen LogP contribution in [0.1, 0.15) is 27.5 Å². The Morgan fingerprint density at radius 1 is 1.03 bits per heavy atom. The second-order valence-electron chi connectivity index (χ2n) is 7.06. The van der Waals surface area contributed by atoms with Crippen molar-refractivity contribution in [1.82, 2.24) is 9.38 Å². The van der Waals surface area contributed by atoms with Gasteiger partial charge in [0.25, 0.3) is 0 Å². The van der Waals surface area contributed by atoms with E-state index in [9.17, 15) is 9.59 Å². The van der Waals surface area contributed by atoms with Crippen molar-refractivity contribution in [3.05, 3.63) is 89.9 Å². The van der Waals surface area contributed by atoms with Crippen LogP contribution >= 0.6 is 0 Å². The van der Waals surface area contributed by atoms with E-state index >= 15 is 0 Å². The lowest BCUT2D eigenvalue weighted by Gasteiger charge is -2.14. The molecule has 0 bridgehead atoms. The number of carbonyl (C=O) groups excluding carboxylic acids is 1. The van der Waals surface area contributed by atoms with E-state index in [4.69, 9.17) is 9.84 Å². The first-order valence-electron chi connectivity index (χ1n) is 9.44. The molecule has 2 heterocycles. The van der Waals surface area contributed by atoms with Crippen LogP contribution in [0.2, 0.25) is 0 Å². The van der Waals surface area contributed by atoms with Crippen LogP contribution in [0.3, 0.4) is 0 Å². The fourth-order valence-corrected chi connectivity index (χ4v) is 3.92. The van der Waals surface area contributed by atoms with Crippen molar-refractivity contribution < 1.29 is 19.4 Å². The Balaban J connectivity index is 1.31. The maximum Gasteiger partial charge on any atom is 0.411 e. The van der Waals surface area contributed by atoms with Gasteiger partial charge < -0.3 is 14.2 Å². The minimum absolute atomic E-state index is 0.0175. The summed E-state index contributed by atoms with van der Waals surface area (Å²) in [7, 11) is 0. The molecule has 148 valence electrons. The smallest absolute Gasteiger partial charge is 0.411 e. The Bertz CT molecular complexity index is 1250. The number of ether oxygens (including phenoxy) is 1. The highest BCUT2D eigenvalue weighted by atomic mass is 16.5. The van der Waals surface area contributed by atoms with E-state index in [0.29, 0.717) is 11.3 Å². The van der Waals surface area contributed by atoms with Gasteiger partial charge in [0, 0.05) is 30.1 Å². The first kappa shape index (κ1) is 17.9. The molecule has 0 unspecified atom stereocenters. The van der Waals surface area contributed by atoms with Gasteiger partial charge in [-0.2, -0.15) is 0 Å². The molecule has 5 rings (SSSR count). The third kappa shape index (κ3) is 3.06. The van der Waals surface area contributed by atoms with Gasteiger partial charge in [-0.15, -0.1) is 0 Å². The van der Waals surface area contributed by atoms with Gasteiger partial charge in [0.05, 0.1) is 0 Å². The zero-order valence-corrected chi connectivity index (χ0v) is 15.8. The van der Waals surface area contributed by atoms with Gasteiger partial charge in [-0.25, -0.2) is 14.6 Å². The van der Waals surface area contributed by atoms with Crippen LogP contribution in [0, 0.1) is 0 Å². The predicted molar refractivity (Wildman–Crippen MR) is 111 cm³/mol. The normalized spacial score (nSPS) is 12.4. The number of carboxylic acids is 1. The fourth-order valence-electron chi connectivity index (χ4n) is 3.92. The third-order valence-corrected chi connectivity index (χ3v) is 5.27. The van der Waals surface area contributed by atoms with E-state index in [1.165, 1.54) is 17.3 Å². The molecule has 0 atom stereocenters. The molecule has 0 radical (unpaired) electrons. The quantitative estimate of drug-likeness (QED) is 0.531. The van der Waals surface area contributed by atoms with Crippen molar-refractivity contribution in [2.24, 2.45) is 0 Å². The average Bonchev–Trinajstić information content (AvgIpc) is 3.31. The number of benzene rings is 2. The number of anilines is 1. The van der Waals surface area contributed by atoms with E-state index in [-0.39, 0.29) is 18.2 Å². The van der Waals surface area contributed by atoms with E-state index < -0.39 is 12.1 Å². The molecular weight excluding hydrogens is 382 g/mol. The number of carbonyl (C=O) groups is 2. The summed E-state index contributed by atoms with van der Waals surface area (Å²) in [5.41, 5.74) is 5.46. The Kier molecular flexibility index (Phi) is 4.21. The van der Waals surface area contributed by atoms with Gasteiger partial charge in [-0.3, -0.25) is 5.32 Å². The first-order chi connectivity index (χ1) is 14.6. The zero-order valence-electron chi connectivity index (χ0n) is 15.8. The van der Waals surface area contributed by atoms with Gasteiger partial charge >= 0.3 is 12.1 Å². The van der Waals surface area contributed by atoms with Crippen LogP contribution in [-0.4, -0.2) is 33.2 Å². The van der Waals surface area contributed by atoms with E-state index in [1.807, 2.05) is 24.3 Å². The molecular formula is C23H17N3O4. The molecule has 7 heteroatoms. The van der Waals surface area contributed by atoms with Crippen LogP contribution in [0.15, 0.2) is 73.1 Å². The van der Waals surface area contributed by atoms with Crippen molar-refractivity contribution in [1.29, 1.82) is 0 Å². The van der Waals surface area contributed by atoms with Crippen molar-refractivity contribution in [3.63, 3.8) is 0 Å². The Hall–Kier alpha value is -4.13. The second kappa shape index (κ2) is 7.04. The van der Waals surface area contributed by atoms with Crippen molar-refractivity contribution in [2.45, 2.75) is 5.92 Å². The number of hydrogen-bond acceptors (Lipinski definition) is 4. The molecule has 0 fully saturated rings. The van der Waals surface area contributed by atoms with Crippen LogP contribution < -0.4 is 5.32 Å². The summed E-state index contributed by atoms with van der Waals surface area (Å²) in [4.78, 5) is 27.5. The molecule has 1 amide bonds. The molecule has 2 N–H and O–H groups in total. The zero-order chi connectivity index (χ0) is 20.7. The summed E-state index contributed by atoms with van der Waals surface area (Å²) >= 11 is 0. The molecule has 1 aliphatic carbocycles. The minimum Gasteiger partial charge on any atom is -0.476 e. The van der Waals surface area contributed by atoms with Crippen molar-refractivity contribution >= 4 is 23.4 Å². The number of nitrogens with one attached hydrogen (secondary N) is 1. The van der Waals surface area contributed by atoms with Gasteiger partial charge in [-0.1, -0.05) is 48.5 Å². The topological polar surface area (TPSA) is 92.9 Å². The maximum atomic E-state index is 12.4. The van der Waals surface area contributed by atoms with E-state index in [0.717, 1.165) is 11.1 Å². The average molecular weight is 399 g/mol. The molecule has 30 heavy (non-hydrogen) atoms. The van der Waals surface area contributed by atoms with Crippen molar-refractivity contribution in [3.8, 4) is 11.1 Å². The molecule has 2 aromatic carbocycles. The maximum absolute atomic E-state index is 12.4. The summed E-state index contributed by atoms with van der Waals surface area (Å²) in [6.07, 6.45) is 2.47. The van der Waals surface area contributed by atoms with Crippen LogP contribution in [0.25, 0.3) is 16.8 Å². The van der Waals surface area contributed by atoms with Crippen molar-refractivity contribution in [2.75, 3.05) is 11.9 Å².